The molecule has 0 saturated heterocycles. The summed E-state index contributed by atoms with van der Waals surface area (Å²) >= 11 is 0. The lowest BCUT2D eigenvalue weighted by atomic mass is 9.86. The van der Waals surface area contributed by atoms with Gasteiger partial charge in [0.2, 0.25) is 5.91 Å². The number of nitrogens with zero attached hydrogens (tertiary/aromatic N) is 2. The molecule has 1 N–H and O–H groups in total. The number of carbonyl (C=O) groups is 1. The van der Waals surface area contributed by atoms with E-state index < -0.39 is 5.41 Å². The van der Waals surface area contributed by atoms with Gasteiger partial charge in [-0.1, -0.05) is 30.3 Å². The number of fused-ring (bicyclic) bond motifs is 2. The van der Waals surface area contributed by atoms with E-state index in [1.807, 2.05) is 56.3 Å². The molecule has 1 aliphatic heterocycles. The van der Waals surface area contributed by atoms with Gasteiger partial charge < -0.3 is 9.88 Å². The Bertz CT molecular complexity index is 935. The zero-order valence-corrected chi connectivity index (χ0v) is 13.8. The average molecular weight is 317 g/mol. The highest BCUT2D eigenvalue weighted by atomic mass is 16.2. The first-order valence-corrected chi connectivity index (χ1v) is 8.05. The van der Waals surface area contributed by atoms with Crippen LogP contribution in [0.2, 0.25) is 0 Å². The van der Waals surface area contributed by atoms with E-state index in [4.69, 9.17) is 0 Å². The molecule has 1 aromatic heterocycles. The summed E-state index contributed by atoms with van der Waals surface area (Å²) in [4.78, 5) is 22.5. The zero-order valence-electron chi connectivity index (χ0n) is 13.8. The Morgan fingerprint density at radius 1 is 1.25 bits per heavy atom. The summed E-state index contributed by atoms with van der Waals surface area (Å²) in [5.41, 5.74) is 4.41. The summed E-state index contributed by atoms with van der Waals surface area (Å²) in [5.74, 6) is 0.925. The second-order valence-electron chi connectivity index (χ2n) is 6.66. The molecule has 4 heteroatoms. The van der Waals surface area contributed by atoms with Crippen LogP contribution in [0.4, 0.5) is 5.69 Å². The number of nitrogens with one attached hydrogen (secondary N) is 1. The maximum absolute atomic E-state index is 12.7. The normalized spacial score (nSPS) is 15.8. The number of anilines is 1. The van der Waals surface area contributed by atoms with Crippen molar-refractivity contribution in [3.8, 4) is 11.4 Å². The molecule has 0 spiro atoms. The van der Waals surface area contributed by atoms with E-state index in [-0.39, 0.29) is 5.91 Å². The van der Waals surface area contributed by atoms with Crippen molar-refractivity contribution in [1.29, 1.82) is 0 Å². The monoisotopic (exact) mass is 317 g/mol. The van der Waals surface area contributed by atoms with Crippen LogP contribution in [0, 0.1) is 0 Å². The first kappa shape index (κ1) is 14.7. The number of aromatic nitrogens is 2. The molecule has 4 nitrogen and oxygen atoms in total. The Morgan fingerprint density at radius 2 is 2.04 bits per heavy atom. The van der Waals surface area contributed by atoms with Gasteiger partial charge in [-0.05, 0) is 37.6 Å². The number of benzene rings is 2. The molecule has 0 saturated carbocycles. The smallest absolute Gasteiger partial charge is 0.237 e. The van der Waals surface area contributed by atoms with E-state index in [2.05, 4.69) is 16.5 Å². The van der Waals surface area contributed by atoms with E-state index >= 15 is 0 Å². The molecule has 2 heterocycles. The maximum Gasteiger partial charge on any atom is 0.237 e. The van der Waals surface area contributed by atoms with E-state index in [9.17, 15) is 4.79 Å². The second-order valence-corrected chi connectivity index (χ2v) is 6.66. The Labute approximate surface area is 140 Å². The first-order valence-electron chi connectivity index (χ1n) is 8.05. The number of aromatic amines is 1. The van der Waals surface area contributed by atoms with Gasteiger partial charge >= 0.3 is 0 Å². The largest absolute Gasteiger partial charge is 0.338 e. The average Bonchev–Trinajstić information content (AvgIpc) is 3.09. The third kappa shape index (κ3) is 1.99. The summed E-state index contributed by atoms with van der Waals surface area (Å²) in [6, 6.07) is 14.1. The van der Waals surface area contributed by atoms with Crippen molar-refractivity contribution in [2.45, 2.75) is 19.3 Å². The fourth-order valence-electron chi connectivity index (χ4n) is 3.39. The van der Waals surface area contributed by atoms with Crippen LogP contribution in [0.5, 0.6) is 0 Å². The molecule has 24 heavy (non-hydrogen) atoms. The maximum atomic E-state index is 12.7. The fourth-order valence-corrected chi connectivity index (χ4v) is 3.39. The molecule has 120 valence electrons. The summed E-state index contributed by atoms with van der Waals surface area (Å²) in [6.45, 7) is 8.23. The number of hydrogen-bond acceptors (Lipinski definition) is 2. The minimum absolute atomic E-state index is 0.110. The molecule has 3 aromatic rings. The number of imidazole rings is 1. The molecule has 1 aliphatic rings. The summed E-state index contributed by atoms with van der Waals surface area (Å²) in [6.07, 6.45) is 1.76. The highest BCUT2D eigenvalue weighted by Gasteiger charge is 2.43. The lowest BCUT2D eigenvalue weighted by Crippen LogP contribution is -2.36. The van der Waals surface area contributed by atoms with Gasteiger partial charge in [-0.2, -0.15) is 0 Å². The third-order valence-electron chi connectivity index (χ3n) is 4.72. The van der Waals surface area contributed by atoms with Gasteiger partial charge in [-0.15, -0.1) is 6.58 Å². The molecule has 0 atom stereocenters. The van der Waals surface area contributed by atoms with Crippen LogP contribution in [0.15, 0.2) is 55.1 Å². The summed E-state index contributed by atoms with van der Waals surface area (Å²) < 4.78 is 0. The lowest BCUT2D eigenvalue weighted by Gasteiger charge is -2.18. The standard InChI is InChI=1S/C20H19N3O/c1-4-11-23-17-12-13(9-10-14(17)20(2,3)19(23)24)18-21-15-7-5-6-8-16(15)22-18/h4-10,12H,1,11H2,2-3H3,(H,21,22). The third-order valence-corrected chi connectivity index (χ3v) is 4.72. The van der Waals surface area contributed by atoms with Crippen LogP contribution in [-0.4, -0.2) is 22.4 Å². The molecule has 4 rings (SSSR count). The number of para-hydroxylation sites is 2. The minimum Gasteiger partial charge on any atom is -0.338 e. The van der Waals surface area contributed by atoms with Crippen molar-refractivity contribution in [3.05, 3.63) is 60.7 Å². The van der Waals surface area contributed by atoms with Gasteiger partial charge in [0.1, 0.15) is 5.82 Å². The fraction of sp³-hybridized carbons (Fsp3) is 0.200. The van der Waals surface area contributed by atoms with Crippen molar-refractivity contribution in [2.24, 2.45) is 0 Å². The van der Waals surface area contributed by atoms with Crippen LogP contribution >= 0.6 is 0 Å². The molecule has 0 aliphatic carbocycles. The van der Waals surface area contributed by atoms with Crippen molar-refractivity contribution < 1.29 is 4.79 Å². The Hall–Kier alpha value is -2.88. The van der Waals surface area contributed by atoms with Crippen LogP contribution in [-0.2, 0) is 10.2 Å². The Morgan fingerprint density at radius 3 is 2.79 bits per heavy atom. The van der Waals surface area contributed by atoms with Crippen LogP contribution < -0.4 is 4.90 Å². The zero-order chi connectivity index (χ0) is 16.9. The van der Waals surface area contributed by atoms with Crippen LogP contribution in [0.25, 0.3) is 22.4 Å². The number of H-pyrrole nitrogens is 1. The Balaban J connectivity index is 1.86. The Kier molecular flexibility index (Phi) is 3.10. The van der Waals surface area contributed by atoms with E-state index in [0.29, 0.717) is 6.54 Å². The van der Waals surface area contributed by atoms with Crippen LogP contribution in [0.1, 0.15) is 19.4 Å². The number of carbonyl (C=O) groups excluding carboxylic acids is 1. The van der Waals surface area contributed by atoms with Gasteiger partial charge in [0, 0.05) is 17.8 Å². The van der Waals surface area contributed by atoms with Crippen LogP contribution in [0.3, 0.4) is 0 Å². The van der Waals surface area contributed by atoms with Gasteiger partial charge in [0.05, 0.1) is 16.4 Å². The van der Waals surface area contributed by atoms with Crippen molar-refractivity contribution in [3.63, 3.8) is 0 Å². The van der Waals surface area contributed by atoms with Gasteiger partial charge in [0.15, 0.2) is 0 Å². The molecule has 2 aromatic carbocycles. The molecule has 0 fully saturated rings. The lowest BCUT2D eigenvalue weighted by molar-refractivity contribution is -0.121. The van der Waals surface area contributed by atoms with Gasteiger partial charge in [-0.3, -0.25) is 4.79 Å². The predicted molar refractivity (Wildman–Crippen MR) is 97.1 cm³/mol. The van der Waals surface area contributed by atoms with E-state index in [1.54, 1.807) is 11.0 Å². The van der Waals surface area contributed by atoms with Crippen molar-refractivity contribution in [1.82, 2.24) is 9.97 Å². The van der Waals surface area contributed by atoms with Crippen molar-refractivity contribution in [2.75, 3.05) is 11.4 Å². The summed E-state index contributed by atoms with van der Waals surface area (Å²) in [5, 5.41) is 0. The molecule has 1 amide bonds. The summed E-state index contributed by atoms with van der Waals surface area (Å²) in [7, 11) is 0. The molecule has 0 bridgehead atoms. The highest BCUT2D eigenvalue weighted by Crippen LogP contribution is 2.43. The quantitative estimate of drug-likeness (QED) is 0.741. The topological polar surface area (TPSA) is 49.0 Å². The van der Waals surface area contributed by atoms with Crippen molar-refractivity contribution >= 4 is 22.6 Å². The van der Waals surface area contributed by atoms with Gasteiger partial charge in [0.25, 0.3) is 0 Å². The van der Waals surface area contributed by atoms with E-state index in [0.717, 1.165) is 33.7 Å². The first-order chi connectivity index (χ1) is 11.5. The number of rotatable bonds is 3. The molecule has 0 radical (unpaired) electrons. The highest BCUT2D eigenvalue weighted by molar-refractivity contribution is 6.08. The number of hydrogen-bond donors (Lipinski definition) is 1. The van der Waals surface area contributed by atoms with E-state index in [1.165, 1.54) is 0 Å². The predicted octanol–water partition coefficient (Wildman–Crippen LogP) is 4.04. The molecule has 0 unspecified atom stereocenters. The number of amides is 1. The SMILES string of the molecule is C=CCN1C(=O)C(C)(C)c2ccc(-c3nc4ccccc4[nH]3)cc21. The molecular formula is C20H19N3O. The minimum atomic E-state index is -0.509. The van der Waals surface area contributed by atoms with Gasteiger partial charge in [-0.25, -0.2) is 4.98 Å². The molecular weight excluding hydrogens is 298 g/mol. The second kappa shape index (κ2) is 5.06.